The number of phenolic OH excluding ortho intramolecular Hbond substituents is 1. The average Bonchev–Trinajstić information content (AvgIpc) is 2.40. The molecule has 0 aliphatic rings. The molecule has 1 amide bonds. The molecule has 0 spiro atoms. The predicted molar refractivity (Wildman–Crippen MR) is 82.5 cm³/mol. The highest BCUT2D eigenvalue weighted by Gasteiger charge is 2.05. The third-order valence-electron chi connectivity index (χ3n) is 2.47. The zero-order valence-electron chi connectivity index (χ0n) is 11.6. The van der Waals surface area contributed by atoms with Gasteiger partial charge in [-0.3, -0.25) is 15.6 Å². The maximum absolute atomic E-state index is 11.7. The van der Waals surface area contributed by atoms with E-state index in [0.717, 1.165) is 19.5 Å². The first-order valence-corrected chi connectivity index (χ1v) is 6.68. The van der Waals surface area contributed by atoms with Crippen LogP contribution in [0.2, 0.25) is 0 Å². The molecular weight excluding hydrogens is 276 g/mol. The molecular formula is C13H20N4O2S. The number of carbonyl (C=O) groups excluding carboxylic acids is 1. The lowest BCUT2D eigenvalue weighted by molar-refractivity contribution is 0.0943. The Hall–Kier alpha value is -1.86. The first-order chi connectivity index (χ1) is 9.49. The normalized spacial score (nSPS) is 10.2. The standard InChI is InChI=1S/C13H20N4O2S/c1-17(2)8-4-7-14-13(20)16-15-12(19)10-5-3-6-11(18)9-10/h3,5-6,9,18H,4,7-8H2,1-2H3,(H,15,19)(H2,14,16,20). The van der Waals surface area contributed by atoms with Gasteiger partial charge in [-0.2, -0.15) is 0 Å². The predicted octanol–water partition coefficient (Wildman–Crippen LogP) is 0.453. The van der Waals surface area contributed by atoms with Gasteiger partial charge in [-0.05, 0) is 57.5 Å². The van der Waals surface area contributed by atoms with Crippen LogP contribution in [0.3, 0.4) is 0 Å². The van der Waals surface area contributed by atoms with Crippen molar-refractivity contribution in [2.75, 3.05) is 27.2 Å². The summed E-state index contributed by atoms with van der Waals surface area (Å²) in [5.74, 6) is -0.319. The van der Waals surface area contributed by atoms with Gasteiger partial charge in [-0.25, -0.2) is 0 Å². The Kier molecular flexibility index (Phi) is 6.75. The van der Waals surface area contributed by atoms with E-state index in [1.165, 1.54) is 12.1 Å². The SMILES string of the molecule is CN(C)CCCNC(=S)NNC(=O)c1cccc(O)c1. The van der Waals surface area contributed by atoms with Crippen molar-refractivity contribution in [1.82, 2.24) is 21.1 Å². The maximum atomic E-state index is 11.7. The Bertz CT molecular complexity index is 465. The van der Waals surface area contributed by atoms with Gasteiger partial charge < -0.3 is 15.3 Å². The molecule has 1 aromatic rings. The van der Waals surface area contributed by atoms with Crippen molar-refractivity contribution in [3.05, 3.63) is 29.8 Å². The molecule has 20 heavy (non-hydrogen) atoms. The molecule has 0 radical (unpaired) electrons. The van der Waals surface area contributed by atoms with E-state index < -0.39 is 0 Å². The minimum Gasteiger partial charge on any atom is -0.508 e. The smallest absolute Gasteiger partial charge is 0.269 e. The summed E-state index contributed by atoms with van der Waals surface area (Å²) in [5, 5.41) is 12.6. The van der Waals surface area contributed by atoms with Gasteiger partial charge in [0.15, 0.2) is 5.11 Å². The summed E-state index contributed by atoms with van der Waals surface area (Å²) >= 11 is 5.03. The monoisotopic (exact) mass is 296 g/mol. The zero-order chi connectivity index (χ0) is 15.0. The molecule has 0 saturated heterocycles. The van der Waals surface area contributed by atoms with Crippen LogP contribution in [0.5, 0.6) is 5.75 Å². The van der Waals surface area contributed by atoms with E-state index in [9.17, 15) is 9.90 Å². The van der Waals surface area contributed by atoms with E-state index in [-0.39, 0.29) is 11.7 Å². The Morgan fingerprint density at radius 1 is 1.35 bits per heavy atom. The number of phenols is 1. The highest BCUT2D eigenvalue weighted by atomic mass is 32.1. The quantitative estimate of drug-likeness (QED) is 0.359. The number of hydrogen-bond donors (Lipinski definition) is 4. The molecule has 0 heterocycles. The molecule has 110 valence electrons. The van der Waals surface area contributed by atoms with E-state index in [0.29, 0.717) is 10.7 Å². The van der Waals surface area contributed by atoms with Gasteiger partial charge in [0.25, 0.3) is 5.91 Å². The topological polar surface area (TPSA) is 76.6 Å². The molecule has 6 nitrogen and oxygen atoms in total. The molecule has 0 unspecified atom stereocenters. The van der Waals surface area contributed by atoms with Crippen LogP contribution in [-0.2, 0) is 0 Å². The molecule has 1 rings (SSSR count). The van der Waals surface area contributed by atoms with E-state index in [1.54, 1.807) is 12.1 Å². The van der Waals surface area contributed by atoms with Crippen molar-refractivity contribution in [3.63, 3.8) is 0 Å². The fraction of sp³-hybridized carbons (Fsp3) is 0.385. The summed E-state index contributed by atoms with van der Waals surface area (Å²) in [4.78, 5) is 13.8. The minimum atomic E-state index is -0.363. The van der Waals surface area contributed by atoms with Gasteiger partial charge in [-0.15, -0.1) is 0 Å². The Morgan fingerprint density at radius 2 is 2.10 bits per heavy atom. The van der Waals surface area contributed by atoms with Crippen molar-refractivity contribution >= 4 is 23.2 Å². The van der Waals surface area contributed by atoms with Crippen LogP contribution in [0.1, 0.15) is 16.8 Å². The number of aromatic hydroxyl groups is 1. The highest BCUT2D eigenvalue weighted by Crippen LogP contribution is 2.10. The average molecular weight is 296 g/mol. The zero-order valence-corrected chi connectivity index (χ0v) is 12.5. The molecule has 4 N–H and O–H groups in total. The number of carbonyl (C=O) groups is 1. The summed E-state index contributed by atoms with van der Waals surface area (Å²) < 4.78 is 0. The van der Waals surface area contributed by atoms with Crippen molar-refractivity contribution in [2.45, 2.75) is 6.42 Å². The largest absolute Gasteiger partial charge is 0.508 e. The second-order valence-electron chi connectivity index (χ2n) is 4.54. The van der Waals surface area contributed by atoms with Crippen LogP contribution in [0.15, 0.2) is 24.3 Å². The van der Waals surface area contributed by atoms with E-state index in [4.69, 9.17) is 12.2 Å². The number of hydrogen-bond acceptors (Lipinski definition) is 4. The summed E-state index contributed by atoms with van der Waals surface area (Å²) in [6.07, 6.45) is 0.954. The molecule has 7 heteroatoms. The minimum absolute atomic E-state index is 0.0436. The Labute approximate surface area is 124 Å². The number of benzene rings is 1. The summed E-state index contributed by atoms with van der Waals surface area (Å²) in [7, 11) is 4.01. The Morgan fingerprint density at radius 3 is 2.75 bits per heavy atom. The molecule has 0 bridgehead atoms. The number of amides is 1. The first-order valence-electron chi connectivity index (χ1n) is 6.27. The lowest BCUT2D eigenvalue weighted by Crippen LogP contribution is -2.47. The third-order valence-corrected chi connectivity index (χ3v) is 2.71. The van der Waals surface area contributed by atoms with Crippen LogP contribution in [-0.4, -0.2) is 48.2 Å². The molecule has 0 atom stereocenters. The summed E-state index contributed by atoms with van der Waals surface area (Å²) in [6, 6.07) is 6.08. The fourth-order valence-electron chi connectivity index (χ4n) is 1.47. The lowest BCUT2D eigenvalue weighted by Gasteiger charge is -2.13. The van der Waals surface area contributed by atoms with Crippen molar-refractivity contribution in [2.24, 2.45) is 0 Å². The number of thiocarbonyl (C=S) groups is 1. The number of nitrogens with zero attached hydrogens (tertiary/aromatic N) is 1. The van der Waals surface area contributed by atoms with Gasteiger partial charge in [0.2, 0.25) is 0 Å². The Balaban J connectivity index is 2.25. The van der Waals surface area contributed by atoms with Crippen LogP contribution in [0, 0.1) is 0 Å². The van der Waals surface area contributed by atoms with E-state index >= 15 is 0 Å². The fourth-order valence-corrected chi connectivity index (χ4v) is 1.63. The molecule has 0 aromatic heterocycles. The van der Waals surface area contributed by atoms with Gasteiger partial charge in [-0.1, -0.05) is 6.07 Å². The van der Waals surface area contributed by atoms with Gasteiger partial charge in [0.1, 0.15) is 5.75 Å². The maximum Gasteiger partial charge on any atom is 0.269 e. The first kappa shape index (κ1) is 16.2. The molecule has 0 aliphatic heterocycles. The number of hydrazine groups is 1. The van der Waals surface area contributed by atoms with Gasteiger partial charge >= 0.3 is 0 Å². The van der Waals surface area contributed by atoms with Gasteiger partial charge in [0.05, 0.1) is 0 Å². The van der Waals surface area contributed by atoms with Crippen molar-refractivity contribution in [3.8, 4) is 5.75 Å². The number of rotatable bonds is 5. The van der Waals surface area contributed by atoms with Crippen LogP contribution in [0.25, 0.3) is 0 Å². The van der Waals surface area contributed by atoms with Crippen molar-refractivity contribution < 1.29 is 9.90 Å². The summed E-state index contributed by atoms with van der Waals surface area (Å²) in [5.41, 5.74) is 5.43. The summed E-state index contributed by atoms with van der Waals surface area (Å²) in [6.45, 7) is 1.69. The second-order valence-corrected chi connectivity index (χ2v) is 4.95. The second kappa shape index (κ2) is 8.34. The van der Waals surface area contributed by atoms with Crippen molar-refractivity contribution in [1.29, 1.82) is 0 Å². The molecule has 1 aromatic carbocycles. The molecule has 0 fully saturated rings. The van der Waals surface area contributed by atoms with E-state index in [1.807, 2.05) is 14.1 Å². The lowest BCUT2D eigenvalue weighted by atomic mass is 10.2. The molecule has 0 saturated carbocycles. The van der Waals surface area contributed by atoms with Crippen LogP contribution < -0.4 is 16.2 Å². The van der Waals surface area contributed by atoms with Crippen LogP contribution >= 0.6 is 12.2 Å². The molecule has 0 aliphatic carbocycles. The number of nitrogens with one attached hydrogen (secondary N) is 3. The highest BCUT2D eigenvalue weighted by molar-refractivity contribution is 7.80. The third kappa shape index (κ3) is 6.35. The van der Waals surface area contributed by atoms with Gasteiger partial charge in [0, 0.05) is 12.1 Å². The van der Waals surface area contributed by atoms with E-state index in [2.05, 4.69) is 21.1 Å². The van der Waals surface area contributed by atoms with Crippen LogP contribution in [0.4, 0.5) is 0 Å².